The molecule has 102 valence electrons. The molecule has 1 unspecified atom stereocenters. The summed E-state index contributed by atoms with van der Waals surface area (Å²) in [5, 5.41) is 0. The van der Waals surface area contributed by atoms with Gasteiger partial charge in [0.1, 0.15) is 0 Å². The van der Waals surface area contributed by atoms with Gasteiger partial charge in [0.15, 0.2) is 0 Å². The van der Waals surface area contributed by atoms with Crippen LogP contribution in [0.3, 0.4) is 0 Å². The third-order valence-electron chi connectivity index (χ3n) is 4.19. The van der Waals surface area contributed by atoms with Gasteiger partial charge in [0.05, 0.1) is 0 Å². The second kappa shape index (κ2) is 4.89. The largest absolute Gasteiger partial charge is 0.0766 e. The number of fused-ring (bicyclic) bond motifs is 1. The first kappa shape index (κ1) is 13.6. The van der Waals surface area contributed by atoms with E-state index in [-0.39, 0.29) is 0 Å². The molecule has 0 bridgehead atoms. The van der Waals surface area contributed by atoms with Gasteiger partial charge in [-0.3, -0.25) is 0 Å². The van der Waals surface area contributed by atoms with Gasteiger partial charge < -0.3 is 0 Å². The van der Waals surface area contributed by atoms with E-state index in [2.05, 4.69) is 80.0 Å². The van der Waals surface area contributed by atoms with Crippen molar-refractivity contribution < 1.29 is 0 Å². The van der Waals surface area contributed by atoms with Crippen molar-refractivity contribution in [2.75, 3.05) is 0 Å². The second-order valence-corrected chi connectivity index (χ2v) is 6.70. The molecule has 2 aromatic carbocycles. The van der Waals surface area contributed by atoms with Crippen molar-refractivity contribution in [1.82, 2.24) is 0 Å². The topological polar surface area (TPSA) is 0 Å². The Morgan fingerprint density at radius 3 is 2.30 bits per heavy atom. The Morgan fingerprint density at radius 2 is 1.65 bits per heavy atom. The average molecular weight is 327 g/mol. The number of benzene rings is 2. The van der Waals surface area contributed by atoms with Gasteiger partial charge in [-0.1, -0.05) is 58.8 Å². The van der Waals surface area contributed by atoms with Gasteiger partial charge in [-0.2, -0.15) is 0 Å². The molecule has 0 saturated heterocycles. The molecule has 0 spiro atoms. The molecule has 0 radical (unpaired) electrons. The highest BCUT2D eigenvalue weighted by atomic mass is 79.9. The molecule has 3 rings (SSSR count). The van der Waals surface area contributed by atoms with Crippen LogP contribution >= 0.6 is 15.9 Å². The van der Waals surface area contributed by atoms with Crippen LogP contribution in [0.5, 0.6) is 0 Å². The van der Waals surface area contributed by atoms with Crippen molar-refractivity contribution in [1.29, 1.82) is 0 Å². The Morgan fingerprint density at radius 1 is 1.00 bits per heavy atom. The molecule has 2 aromatic rings. The van der Waals surface area contributed by atoms with Crippen LogP contribution in [0.2, 0.25) is 0 Å². The van der Waals surface area contributed by atoms with Crippen LogP contribution in [-0.4, -0.2) is 0 Å². The summed E-state index contributed by atoms with van der Waals surface area (Å²) in [6.45, 7) is 8.85. The predicted molar refractivity (Wildman–Crippen MR) is 91.2 cm³/mol. The zero-order valence-corrected chi connectivity index (χ0v) is 14.0. The Balaban J connectivity index is 2.31. The highest BCUT2D eigenvalue weighted by molar-refractivity contribution is 9.10. The number of rotatable bonds is 1. The molecule has 0 amide bonds. The SMILES string of the molecule is Cc1cc(C)c(-c2ccc(Br)c3c2C=CC3C)c(C)c1. The third-order valence-corrected chi connectivity index (χ3v) is 4.88. The van der Waals surface area contributed by atoms with E-state index in [9.17, 15) is 0 Å². The Bertz CT molecular complexity index is 700. The summed E-state index contributed by atoms with van der Waals surface area (Å²) in [4.78, 5) is 0. The molecule has 1 atom stereocenters. The lowest BCUT2D eigenvalue weighted by atomic mass is 9.89. The van der Waals surface area contributed by atoms with Gasteiger partial charge in [-0.25, -0.2) is 0 Å². The fourth-order valence-electron chi connectivity index (χ4n) is 3.41. The maximum absolute atomic E-state index is 3.70. The zero-order valence-electron chi connectivity index (χ0n) is 12.4. The second-order valence-electron chi connectivity index (χ2n) is 5.84. The number of allylic oxidation sites excluding steroid dienone is 1. The number of hydrogen-bond acceptors (Lipinski definition) is 0. The molecule has 0 nitrogen and oxygen atoms in total. The third kappa shape index (κ3) is 2.05. The highest BCUT2D eigenvalue weighted by Gasteiger charge is 2.21. The van der Waals surface area contributed by atoms with Crippen molar-refractivity contribution in [3.63, 3.8) is 0 Å². The summed E-state index contributed by atoms with van der Waals surface area (Å²) in [5.74, 6) is 0.491. The van der Waals surface area contributed by atoms with E-state index in [1.54, 1.807) is 0 Å². The molecule has 0 heterocycles. The first-order chi connectivity index (χ1) is 9.49. The predicted octanol–water partition coefficient (Wildman–Crippen LogP) is 6.17. The maximum atomic E-state index is 3.70. The standard InChI is InChI=1S/C19H19Br/c1-11-9-13(3)18(14(4)10-11)15-7-8-17(20)19-12(2)5-6-16(15)19/h5-10,12H,1-4H3. The van der Waals surface area contributed by atoms with Crippen LogP contribution in [0.25, 0.3) is 17.2 Å². The Labute approximate surface area is 129 Å². The van der Waals surface area contributed by atoms with Crippen molar-refractivity contribution in [2.24, 2.45) is 0 Å². The van der Waals surface area contributed by atoms with E-state index in [0.29, 0.717) is 5.92 Å². The number of halogens is 1. The molecule has 0 saturated carbocycles. The van der Waals surface area contributed by atoms with E-state index >= 15 is 0 Å². The lowest BCUT2D eigenvalue weighted by Crippen LogP contribution is -1.96. The fraction of sp³-hybridized carbons (Fsp3) is 0.263. The fourth-order valence-corrected chi connectivity index (χ4v) is 4.12. The molecule has 0 aromatic heterocycles. The molecule has 1 aliphatic rings. The van der Waals surface area contributed by atoms with Crippen LogP contribution < -0.4 is 0 Å². The average Bonchev–Trinajstić information content (AvgIpc) is 2.74. The van der Waals surface area contributed by atoms with Crippen molar-refractivity contribution in [2.45, 2.75) is 33.6 Å². The summed E-state index contributed by atoms with van der Waals surface area (Å²) < 4.78 is 1.22. The molecule has 1 heteroatoms. The summed E-state index contributed by atoms with van der Waals surface area (Å²) in [6.07, 6.45) is 4.57. The summed E-state index contributed by atoms with van der Waals surface area (Å²) in [5.41, 5.74) is 9.60. The normalized spacial score (nSPS) is 16.6. The van der Waals surface area contributed by atoms with Crippen LogP contribution in [0.4, 0.5) is 0 Å². The molecule has 0 aliphatic heterocycles. The quantitative estimate of drug-likeness (QED) is 0.587. The molecular weight excluding hydrogens is 308 g/mol. The minimum absolute atomic E-state index is 0.491. The van der Waals surface area contributed by atoms with Crippen molar-refractivity contribution >= 4 is 22.0 Å². The lowest BCUT2D eigenvalue weighted by molar-refractivity contribution is 0.982. The van der Waals surface area contributed by atoms with Gasteiger partial charge in [0.2, 0.25) is 0 Å². The van der Waals surface area contributed by atoms with Crippen LogP contribution in [0.1, 0.15) is 40.7 Å². The number of hydrogen-bond donors (Lipinski definition) is 0. The minimum Gasteiger partial charge on any atom is -0.0766 e. The molecule has 20 heavy (non-hydrogen) atoms. The van der Waals surface area contributed by atoms with Gasteiger partial charge in [-0.05, 0) is 60.2 Å². The van der Waals surface area contributed by atoms with E-state index < -0.39 is 0 Å². The smallest absolute Gasteiger partial charge is 0.0219 e. The zero-order chi connectivity index (χ0) is 14.4. The summed E-state index contributed by atoms with van der Waals surface area (Å²) >= 11 is 3.70. The van der Waals surface area contributed by atoms with E-state index in [1.165, 1.54) is 43.4 Å². The maximum Gasteiger partial charge on any atom is 0.0219 e. The van der Waals surface area contributed by atoms with Crippen molar-refractivity contribution in [3.8, 4) is 11.1 Å². The molecule has 1 aliphatic carbocycles. The molecule has 0 N–H and O–H groups in total. The van der Waals surface area contributed by atoms with E-state index in [4.69, 9.17) is 0 Å². The van der Waals surface area contributed by atoms with Crippen LogP contribution in [0.15, 0.2) is 34.8 Å². The Kier molecular flexibility index (Phi) is 3.33. The first-order valence-corrected chi connectivity index (χ1v) is 7.87. The monoisotopic (exact) mass is 326 g/mol. The van der Waals surface area contributed by atoms with Gasteiger partial charge >= 0.3 is 0 Å². The lowest BCUT2D eigenvalue weighted by Gasteiger charge is -2.17. The first-order valence-electron chi connectivity index (χ1n) is 7.08. The van der Waals surface area contributed by atoms with Gasteiger partial charge in [0, 0.05) is 10.4 Å². The molecule has 0 fully saturated rings. The van der Waals surface area contributed by atoms with Crippen LogP contribution in [-0.2, 0) is 0 Å². The summed E-state index contributed by atoms with van der Waals surface area (Å²) in [7, 11) is 0. The minimum atomic E-state index is 0.491. The summed E-state index contributed by atoms with van der Waals surface area (Å²) in [6, 6.07) is 8.99. The van der Waals surface area contributed by atoms with Crippen molar-refractivity contribution in [3.05, 3.63) is 62.6 Å². The highest BCUT2D eigenvalue weighted by Crippen LogP contribution is 2.42. The van der Waals surface area contributed by atoms with Gasteiger partial charge in [0.25, 0.3) is 0 Å². The van der Waals surface area contributed by atoms with Crippen LogP contribution in [0, 0.1) is 20.8 Å². The van der Waals surface area contributed by atoms with E-state index in [1.807, 2.05) is 0 Å². The molecular formula is C19H19Br. The van der Waals surface area contributed by atoms with E-state index in [0.717, 1.165) is 0 Å². The Hall–Kier alpha value is -1.34. The number of aryl methyl sites for hydroxylation is 3. The van der Waals surface area contributed by atoms with Gasteiger partial charge in [-0.15, -0.1) is 0 Å².